The number of carbonyl (C=O) groups excluding carboxylic acids is 1. The Labute approximate surface area is 186 Å². The van der Waals surface area contributed by atoms with Crippen molar-refractivity contribution in [2.75, 3.05) is 19.0 Å². The molecule has 0 bridgehead atoms. The van der Waals surface area contributed by atoms with Crippen LogP contribution in [-0.2, 0) is 4.79 Å². The molecule has 0 fully saturated rings. The number of anilines is 1. The lowest BCUT2D eigenvalue weighted by atomic mass is 10.0. The Balaban J connectivity index is 1.36. The van der Waals surface area contributed by atoms with Crippen LogP contribution in [0.3, 0.4) is 0 Å². The fourth-order valence-corrected chi connectivity index (χ4v) is 3.96. The predicted octanol–water partition coefficient (Wildman–Crippen LogP) is 5.23. The first kappa shape index (κ1) is 19.9. The van der Waals surface area contributed by atoms with Crippen LogP contribution < -0.4 is 10.1 Å². The highest BCUT2D eigenvalue weighted by atomic mass is 16.5. The van der Waals surface area contributed by atoms with Crippen molar-refractivity contribution in [1.29, 1.82) is 0 Å². The number of nitrogens with zero attached hydrogens (tertiary/aromatic N) is 2. The molecule has 4 aromatic rings. The number of fused-ring (bicyclic) bond motifs is 1. The van der Waals surface area contributed by atoms with E-state index in [1.807, 2.05) is 66.7 Å². The molecule has 6 nitrogen and oxygen atoms in total. The van der Waals surface area contributed by atoms with Crippen LogP contribution in [0.1, 0.15) is 23.8 Å². The third kappa shape index (κ3) is 3.95. The lowest BCUT2D eigenvalue weighted by Crippen LogP contribution is -2.32. The molecule has 32 heavy (non-hydrogen) atoms. The summed E-state index contributed by atoms with van der Waals surface area (Å²) in [6.45, 7) is 0.134. The van der Waals surface area contributed by atoms with E-state index in [2.05, 4.69) is 22.6 Å². The third-order valence-electron chi connectivity index (χ3n) is 5.65. The van der Waals surface area contributed by atoms with Crippen LogP contribution >= 0.6 is 0 Å². The molecule has 1 aliphatic heterocycles. The van der Waals surface area contributed by atoms with Gasteiger partial charge in [-0.05, 0) is 64.9 Å². The molecule has 0 spiro atoms. The normalized spacial score (nSPS) is 15.6. The van der Waals surface area contributed by atoms with Crippen LogP contribution in [0, 0.1) is 0 Å². The van der Waals surface area contributed by atoms with Gasteiger partial charge in [0.1, 0.15) is 17.6 Å². The topological polar surface area (TPSA) is 67.1 Å². The van der Waals surface area contributed by atoms with Gasteiger partial charge in [0.2, 0.25) is 0 Å². The van der Waals surface area contributed by atoms with Crippen molar-refractivity contribution in [3.05, 3.63) is 96.4 Å². The van der Waals surface area contributed by atoms with Crippen molar-refractivity contribution in [3.63, 3.8) is 0 Å². The number of rotatable bonds is 6. The van der Waals surface area contributed by atoms with E-state index in [1.54, 1.807) is 13.4 Å². The number of amides is 1. The van der Waals surface area contributed by atoms with Crippen molar-refractivity contribution in [1.82, 2.24) is 5.01 Å². The zero-order chi connectivity index (χ0) is 21.9. The average Bonchev–Trinajstić information content (AvgIpc) is 3.53. The maximum atomic E-state index is 13.2. The van der Waals surface area contributed by atoms with Gasteiger partial charge in [-0.1, -0.05) is 30.3 Å². The van der Waals surface area contributed by atoms with Crippen LogP contribution in [0.5, 0.6) is 5.75 Å². The molecular weight excluding hydrogens is 402 g/mol. The molecule has 2 heterocycles. The number of hydrazone groups is 1. The molecule has 0 radical (unpaired) electrons. The van der Waals surface area contributed by atoms with Crippen molar-refractivity contribution in [2.45, 2.75) is 12.5 Å². The fraction of sp³-hybridized carbons (Fsp3) is 0.154. The Bertz CT molecular complexity index is 1260. The van der Waals surface area contributed by atoms with Gasteiger partial charge in [-0.15, -0.1) is 0 Å². The number of methoxy groups -OCH3 is 1. The first-order chi connectivity index (χ1) is 15.7. The fourth-order valence-electron chi connectivity index (χ4n) is 3.96. The van der Waals surface area contributed by atoms with Gasteiger partial charge < -0.3 is 14.5 Å². The van der Waals surface area contributed by atoms with Crippen molar-refractivity contribution in [3.8, 4) is 5.75 Å². The molecule has 0 saturated heterocycles. The van der Waals surface area contributed by atoms with Gasteiger partial charge >= 0.3 is 0 Å². The molecule has 0 aliphatic carbocycles. The van der Waals surface area contributed by atoms with Crippen molar-refractivity contribution >= 4 is 28.1 Å². The second-order valence-electron chi connectivity index (χ2n) is 7.66. The number of hydrogen-bond acceptors (Lipinski definition) is 5. The summed E-state index contributed by atoms with van der Waals surface area (Å²) in [6, 6.07) is 25.4. The van der Waals surface area contributed by atoms with E-state index < -0.39 is 0 Å². The van der Waals surface area contributed by atoms with Crippen molar-refractivity contribution in [2.24, 2.45) is 5.10 Å². The molecule has 0 saturated carbocycles. The maximum Gasteiger partial charge on any atom is 0.262 e. The van der Waals surface area contributed by atoms with E-state index in [9.17, 15) is 4.79 Å². The molecule has 1 aliphatic rings. The van der Waals surface area contributed by atoms with E-state index in [4.69, 9.17) is 9.15 Å². The zero-order valence-electron chi connectivity index (χ0n) is 17.7. The van der Waals surface area contributed by atoms with E-state index in [0.29, 0.717) is 6.42 Å². The Kier molecular flexibility index (Phi) is 5.34. The van der Waals surface area contributed by atoms with Gasteiger partial charge in [-0.2, -0.15) is 5.10 Å². The van der Waals surface area contributed by atoms with E-state index in [0.717, 1.165) is 39.2 Å². The van der Waals surface area contributed by atoms with Crippen LogP contribution in [0.25, 0.3) is 10.8 Å². The highest BCUT2D eigenvalue weighted by Crippen LogP contribution is 2.33. The first-order valence-corrected chi connectivity index (χ1v) is 10.5. The van der Waals surface area contributed by atoms with Crippen LogP contribution in [-0.4, -0.2) is 30.3 Å². The Morgan fingerprint density at radius 2 is 1.88 bits per heavy atom. The minimum Gasteiger partial charge on any atom is -0.497 e. The highest BCUT2D eigenvalue weighted by molar-refractivity contribution is 6.03. The number of carbonyl (C=O) groups is 1. The molecule has 1 amide bonds. The summed E-state index contributed by atoms with van der Waals surface area (Å²) < 4.78 is 10.9. The minimum atomic E-state index is -0.270. The largest absolute Gasteiger partial charge is 0.497 e. The molecule has 1 N–H and O–H groups in total. The second-order valence-corrected chi connectivity index (χ2v) is 7.66. The summed E-state index contributed by atoms with van der Waals surface area (Å²) in [5.74, 6) is 1.38. The van der Waals surface area contributed by atoms with E-state index in [-0.39, 0.29) is 18.5 Å². The van der Waals surface area contributed by atoms with Gasteiger partial charge in [-0.25, -0.2) is 5.01 Å². The van der Waals surface area contributed by atoms with E-state index >= 15 is 0 Å². The smallest absolute Gasteiger partial charge is 0.262 e. The minimum absolute atomic E-state index is 0.122. The Hall–Kier alpha value is -4.06. The SMILES string of the molecule is COc1ccc(C2=NN(C(=O)CNc3ccc4ccccc4c3)C(c3ccco3)C2)cc1. The van der Waals surface area contributed by atoms with Gasteiger partial charge in [-0.3, -0.25) is 4.79 Å². The number of nitrogens with one attached hydrogen (secondary N) is 1. The molecule has 160 valence electrons. The Morgan fingerprint density at radius 1 is 1.06 bits per heavy atom. The van der Waals surface area contributed by atoms with E-state index in [1.165, 1.54) is 5.01 Å². The molecule has 1 unspecified atom stereocenters. The maximum absolute atomic E-state index is 13.2. The summed E-state index contributed by atoms with van der Waals surface area (Å²) in [7, 11) is 1.64. The monoisotopic (exact) mass is 425 g/mol. The first-order valence-electron chi connectivity index (χ1n) is 10.5. The van der Waals surface area contributed by atoms with Gasteiger partial charge in [0, 0.05) is 12.1 Å². The molecule has 1 atom stereocenters. The van der Waals surface area contributed by atoms with Gasteiger partial charge in [0.25, 0.3) is 5.91 Å². The van der Waals surface area contributed by atoms with Crippen LogP contribution in [0.4, 0.5) is 5.69 Å². The molecule has 6 heteroatoms. The Morgan fingerprint density at radius 3 is 2.62 bits per heavy atom. The quantitative estimate of drug-likeness (QED) is 0.459. The molecule has 3 aromatic carbocycles. The molecule has 5 rings (SSSR count). The summed E-state index contributed by atoms with van der Waals surface area (Å²) in [6.07, 6.45) is 2.21. The number of furan rings is 1. The summed E-state index contributed by atoms with van der Waals surface area (Å²) in [5, 5.41) is 11.7. The molecule has 1 aromatic heterocycles. The van der Waals surface area contributed by atoms with Crippen LogP contribution in [0.2, 0.25) is 0 Å². The lowest BCUT2D eigenvalue weighted by molar-refractivity contribution is -0.131. The second kappa shape index (κ2) is 8.59. The zero-order valence-corrected chi connectivity index (χ0v) is 17.7. The van der Waals surface area contributed by atoms with Crippen LogP contribution in [0.15, 0.2) is 94.6 Å². The lowest BCUT2D eigenvalue weighted by Gasteiger charge is -2.20. The number of benzene rings is 3. The third-order valence-corrected chi connectivity index (χ3v) is 5.65. The summed E-state index contributed by atoms with van der Waals surface area (Å²) in [4.78, 5) is 13.2. The summed E-state index contributed by atoms with van der Waals surface area (Å²) in [5.41, 5.74) is 2.69. The average molecular weight is 425 g/mol. The van der Waals surface area contributed by atoms with Gasteiger partial charge in [0.05, 0.1) is 25.6 Å². The predicted molar refractivity (Wildman–Crippen MR) is 125 cm³/mol. The number of ether oxygens (including phenoxy) is 1. The number of hydrogen-bond donors (Lipinski definition) is 1. The van der Waals surface area contributed by atoms with Gasteiger partial charge in [0.15, 0.2) is 0 Å². The standard InChI is InChI=1S/C26H23N3O3/c1-31-22-12-9-19(10-13-22)23-16-24(25-7-4-14-32-25)29(28-23)26(30)17-27-21-11-8-18-5-2-3-6-20(18)15-21/h2-15,24,27H,16-17H2,1H3. The summed E-state index contributed by atoms with van der Waals surface area (Å²) >= 11 is 0. The van der Waals surface area contributed by atoms with Crippen molar-refractivity contribution < 1.29 is 13.9 Å². The highest BCUT2D eigenvalue weighted by Gasteiger charge is 2.34. The molecular formula is C26H23N3O3.